The molecule has 1 atom stereocenters. The fourth-order valence-electron chi connectivity index (χ4n) is 1.94. The minimum absolute atomic E-state index is 0.126. The first-order valence-electron chi connectivity index (χ1n) is 5.61. The molecular formula is C11H18N2OS. The molecule has 4 heteroatoms. The van der Waals surface area contributed by atoms with E-state index in [0.29, 0.717) is 0 Å². The Kier molecular flexibility index (Phi) is 3.72. The number of rotatable bonds is 4. The van der Waals surface area contributed by atoms with E-state index in [-0.39, 0.29) is 6.10 Å². The van der Waals surface area contributed by atoms with Crippen LogP contribution in [0.25, 0.3) is 0 Å². The molecule has 0 bridgehead atoms. The molecule has 1 aliphatic rings. The number of hydrogen-bond acceptors (Lipinski definition) is 4. The molecule has 1 aliphatic heterocycles. The van der Waals surface area contributed by atoms with Crippen molar-refractivity contribution in [2.45, 2.75) is 38.8 Å². The molecule has 0 aliphatic carbocycles. The number of thiazole rings is 1. The predicted octanol–water partition coefficient (Wildman–Crippen LogP) is 1.66. The maximum atomic E-state index is 9.41. The van der Waals surface area contributed by atoms with Crippen molar-refractivity contribution in [2.75, 3.05) is 13.1 Å². The minimum atomic E-state index is -0.126. The van der Waals surface area contributed by atoms with Gasteiger partial charge in [-0.05, 0) is 19.3 Å². The van der Waals surface area contributed by atoms with Crippen LogP contribution in [0.4, 0.5) is 0 Å². The summed E-state index contributed by atoms with van der Waals surface area (Å²) in [5, 5.41) is 12.8. The fourth-order valence-corrected chi connectivity index (χ4v) is 2.83. The van der Waals surface area contributed by atoms with Crippen molar-refractivity contribution in [2.24, 2.45) is 0 Å². The summed E-state index contributed by atoms with van der Waals surface area (Å²) in [5.74, 6) is 0. The van der Waals surface area contributed by atoms with Gasteiger partial charge in [0.1, 0.15) is 0 Å². The van der Waals surface area contributed by atoms with Crippen molar-refractivity contribution < 1.29 is 5.11 Å². The first-order valence-corrected chi connectivity index (χ1v) is 6.49. The van der Waals surface area contributed by atoms with E-state index in [1.165, 1.54) is 5.01 Å². The Morgan fingerprint density at radius 1 is 1.67 bits per heavy atom. The number of likely N-dealkylation sites (tertiary alicyclic amines) is 1. The lowest BCUT2D eigenvalue weighted by Gasteiger charge is -2.12. The van der Waals surface area contributed by atoms with Gasteiger partial charge in [0.2, 0.25) is 0 Å². The van der Waals surface area contributed by atoms with Crippen molar-refractivity contribution in [3.63, 3.8) is 0 Å². The lowest BCUT2D eigenvalue weighted by molar-refractivity contribution is 0.174. The second-order valence-electron chi connectivity index (χ2n) is 4.16. The molecule has 3 nitrogen and oxygen atoms in total. The first kappa shape index (κ1) is 11.0. The van der Waals surface area contributed by atoms with E-state index in [1.54, 1.807) is 11.3 Å². The fraction of sp³-hybridized carbons (Fsp3) is 0.727. The number of nitrogens with zero attached hydrogens (tertiary/aromatic N) is 2. The van der Waals surface area contributed by atoms with Gasteiger partial charge in [0.25, 0.3) is 0 Å². The van der Waals surface area contributed by atoms with Crippen LogP contribution in [0.5, 0.6) is 0 Å². The summed E-state index contributed by atoms with van der Waals surface area (Å²) in [6.07, 6.45) is 3.04. The van der Waals surface area contributed by atoms with Crippen LogP contribution in [-0.2, 0) is 13.0 Å². The van der Waals surface area contributed by atoms with Gasteiger partial charge in [-0.25, -0.2) is 4.98 Å². The number of aliphatic hydroxyl groups excluding tert-OH is 1. The molecule has 1 fully saturated rings. The molecule has 0 spiro atoms. The number of β-amino-alcohol motifs (C(OH)–C–C–N with tert-alkyl or cyclic N) is 1. The average molecular weight is 226 g/mol. The molecule has 15 heavy (non-hydrogen) atoms. The Morgan fingerprint density at radius 3 is 3.20 bits per heavy atom. The van der Waals surface area contributed by atoms with Gasteiger partial charge >= 0.3 is 0 Å². The van der Waals surface area contributed by atoms with Gasteiger partial charge in [-0.2, -0.15) is 0 Å². The Hall–Kier alpha value is -0.450. The summed E-state index contributed by atoms with van der Waals surface area (Å²) >= 11 is 1.76. The summed E-state index contributed by atoms with van der Waals surface area (Å²) in [6.45, 7) is 4.89. The van der Waals surface area contributed by atoms with Crippen LogP contribution in [0.15, 0.2) is 5.38 Å². The van der Waals surface area contributed by atoms with Crippen LogP contribution >= 0.6 is 11.3 Å². The van der Waals surface area contributed by atoms with Gasteiger partial charge in [-0.3, -0.25) is 4.90 Å². The smallest absolute Gasteiger partial charge is 0.0928 e. The van der Waals surface area contributed by atoms with E-state index >= 15 is 0 Å². The number of hydrogen-bond donors (Lipinski definition) is 1. The normalized spacial score (nSPS) is 22.4. The Labute approximate surface area is 94.8 Å². The standard InChI is InChI=1S/C11H18N2OS/c1-2-3-11-12-9(8-15-11)6-13-5-4-10(14)7-13/h8,10,14H,2-7H2,1H3/t10-/m1/s1. The van der Waals surface area contributed by atoms with E-state index in [4.69, 9.17) is 0 Å². The van der Waals surface area contributed by atoms with Gasteiger partial charge in [0.15, 0.2) is 0 Å². The monoisotopic (exact) mass is 226 g/mol. The van der Waals surface area contributed by atoms with E-state index in [1.807, 2.05) is 0 Å². The Morgan fingerprint density at radius 2 is 2.53 bits per heavy atom. The zero-order valence-electron chi connectivity index (χ0n) is 9.15. The molecule has 1 N–H and O–H groups in total. The number of aryl methyl sites for hydroxylation is 1. The molecule has 84 valence electrons. The molecule has 2 rings (SSSR count). The van der Waals surface area contributed by atoms with E-state index in [9.17, 15) is 5.11 Å². The van der Waals surface area contributed by atoms with E-state index in [0.717, 1.165) is 44.6 Å². The van der Waals surface area contributed by atoms with E-state index in [2.05, 4.69) is 22.2 Å². The summed E-state index contributed by atoms with van der Waals surface area (Å²) in [4.78, 5) is 6.86. The van der Waals surface area contributed by atoms with Crippen LogP contribution in [0, 0.1) is 0 Å². The second-order valence-corrected chi connectivity index (χ2v) is 5.10. The molecule has 1 aromatic heterocycles. The largest absolute Gasteiger partial charge is 0.392 e. The van der Waals surface area contributed by atoms with Crippen LogP contribution < -0.4 is 0 Å². The lowest BCUT2D eigenvalue weighted by Crippen LogP contribution is -2.21. The SMILES string of the molecule is CCCc1nc(CN2CC[C@@H](O)C2)cs1. The van der Waals surface area contributed by atoms with Crippen LogP contribution in [-0.4, -0.2) is 34.2 Å². The lowest BCUT2D eigenvalue weighted by atomic mass is 10.3. The molecule has 0 saturated carbocycles. The van der Waals surface area contributed by atoms with E-state index < -0.39 is 0 Å². The highest BCUT2D eigenvalue weighted by molar-refractivity contribution is 7.09. The van der Waals surface area contributed by atoms with Crippen molar-refractivity contribution >= 4 is 11.3 Å². The van der Waals surface area contributed by atoms with Gasteiger partial charge in [-0.15, -0.1) is 11.3 Å². The van der Waals surface area contributed by atoms with Crippen molar-refractivity contribution in [3.05, 3.63) is 16.1 Å². The molecule has 1 aromatic rings. The third-order valence-electron chi connectivity index (χ3n) is 2.70. The minimum Gasteiger partial charge on any atom is -0.392 e. The zero-order chi connectivity index (χ0) is 10.7. The van der Waals surface area contributed by atoms with Gasteiger partial charge in [-0.1, -0.05) is 6.92 Å². The predicted molar refractivity (Wildman–Crippen MR) is 62.0 cm³/mol. The summed E-state index contributed by atoms with van der Waals surface area (Å²) in [7, 11) is 0. The molecule has 0 amide bonds. The third kappa shape index (κ3) is 3.00. The Bertz CT molecular complexity index is 313. The molecule has 0 unspecified atom stereocenters. The van der Waals surface area contributed by atoms with Crippen molar-refractivity contribution in [1.29, 1.82) is 0 Å². The van der Waals surface area contributed by atoms with Crippen LogP contribution in [0.3, 0.4) is 0 Å². The maximum Gasteiger partial charge on any atom is 0.0928 e. The van der Waals surface area contributed by atoms with Crippen LogP contribution in [0.2, 0.25) is 0 Å². The van der Waals surface area contributed by atoms with Crippen molar-refractivity contribution in [1.82, 2.24) is 9.88 Å². The summed E-state index contributed by atoms with van der Waals surface area (Å²) in [6, 6.07) is 0. The molecule has 0 radical (unpaired) electrons. The molecule has 2 heterocycles. The third-order valence-corrected chi connectivity index (χ3v) is 3.65. The Balaban J connectivity index is 1.87. The summed E-state index contributed by atoms with van der Waals surface area (Å²) < 4.78 is 0. The average Bonchev–Trinajstić information content (AvgIpc) is 2.78. The highest BCUT2D eigenvalue weighted by Crippen LogP contribution is 2.16. The highest BCUT2D eigenvalue weighted by Gasteiger charge is 2.20. The molecule has 1 saturated heterocycles. The van der Waals surface area contributed by atoms with Crippen LogP contribution in [0.1, 0.15) is 30.5 Å². The van der Waals surface area contributed by atoms with Crippen molar-refractivity contribution in [3.8, 4) is 0 Å². The van der Waals surface area contributed by atoms with Gasteiger partial charge in [0, 0.05) is 25.0 Å². The second kappa shape index (κ2) is 5.05. The number of aliphatic hydroxyl groups is 1. The first-order chi connectivity index (χ1) is 7.28. The topological polar surface area (TPSA) is 36.4 Å². The van der Waals surface area contributed by atoms with Gasteiger partial charge in [0.05, 0.1) is 16.8 Å². The molecule has 0 aromatic carbocycles. The molecular weight excluding hydrogens is 208 g/mol. The number of aromatic nitrogens is 1. The maximum absolute atomic E-state index is 9.41. The quantitative estimate of drug-likeness (QED) is 0.848. The van der Waals surface area contributed by atoms with Gasteiger partial charge < -0.3 is 5.11 Å². The summed E-state index contributed by atoms with van der Waals surface area (Å²) in [5.41, 5.74) is 1.16. The highest BCUT2D eigenvalue weighted by atomic mass is 32.1. The zero-order valence-corrected chi connectivity index (χ0v) is 9.96.